The first kappa shape index (κ1) is 15.3. The summed E-state index contributed by atoms with van der Waals surface area (Å²) >= 11 is 0. The van der Waals surface area contributed by atoms with Gasteiger partial charge in [0.25, 0.3) is 5.91 Å². The van der Waals surface area contributed by atoms with E-state index in [0.717, 1.165) is 23.1 Å². The Hall–Kier alpha value is -2.13. The lowest BCUT2D eigenvalue weighted by molar-refractivity contribution is 0.0937. The standard InChI is InChI=1S/C18H22N2O/c1-13-7-6-10-17(14(13)2)18(21)20-16(12-19)11-15-8-4-3-5-9-15/h3-10,16H,11-12,19H2,1-2H3,(H,20,21). The van der Waals surface area contributed by atoms with E-state index in [9.17, 15) is 4.79 Å². The highest BCUT2D eigenvalue weighted by Gasteiger charge is 2.15. The van der Waals surface area contributed by atoms with Crippen molar-refractivity contribution in [1.29, 1.82) is 0 Å². The van der Waals surface area contributed by atoms with Crippen LogP contribution in [0.3, 0.4) is 0 Å². The van der Waals surface area contributed by atoms with Crippen molar-refractivity contribution in [3.8, 4) is 0 Å². The summed E-state index contributed by atoms with van der Waals surface area (Å²) in [5.74, 6) is -0.0532. The molecule has 0 saturated heterocycles. The number of amides is 1. The van der Waals surface area contributed by atoms with Crippen molar-refractivity contribution in [1.82, 2.24) is 5.32 Å². The second-order valence-electron chi connectivity index (χ2n) is 5.34. The van der Waals surface area contributed by atoms with Crippen LogP contribution in [0.4, 0.5) is 0 Å². The maximum Gasteiger partial charge on any atom is 0.251 e. The lowest BCUT2D eigenvalue weighted by Gasteiger charge is -2.18. The zero-order valence-corrected chi connectivity index (χ0v) is 12.6. The van der Waals surface area contributed by atoms with E-state index in [2.05, 4.69) is 5.32 Å². The SMILES string of the molecule is Cc1cccc(C(=O)NC(CN)Cc2ccccc2)c1C. The summed E-state index contributed by atoms with van der Waals surface area (Å²) in [6, 6.07) is 15.8. The summed E-state index contributed by atoms with van der Waals surface area (Å²) in [6.07, 6.45) is 0.744. The molecule has 0 fully saturated rings. The van der Waals surface area contributed by atoms with E-state index in [4.69, 9.17) is 5.73 Å². The van der Waals surface area contributed by atoms with Crippen LogP contribution in [0.5, 0.6) is 0 Å². The Balaban J connectivity index is 2.08. The molecule has 1 amide bonds. The van der Waals surface area contributed by atoms with Crippen LogP contribution in [0.25, 0.3) is 0 Å². The molecule has 2 rings (SSSR count). The number of nitrogens with one attached hydrogen (secondary N) is 1. The van der Waals surface area contributed by atoms with Gasteiger partial charge in [0.2, 0.25) is 0 Å². The second kappa shape index (κ2) is 7.04. The summed E-state index contributed by atoms with van der Waals surface area (Å²) in [7, 11) is 0. The number of rotatable bonds is 5. The quantitative estimate of drug-likeness (QED) is 0.885. The van der Waals surface area contributed by atoms with E-state index in [1.807, 2.05) is 62.4 Å². The minimum absolute atomic E-state index is 0.0532. The largest absolute Gasteiger partial charge is 0.348 e. The number of nitrogens with two attached hydrogens (primary N) is 1. The van der Waals surface area contributed by atoms with Crippen LogP contribution in [0.15, 0.2) is 48.5 Å². The first-order valence-electron chi connectivity index (χ1n) is 7.23. The van der Waals surface area contributed by atoms with Crippen LogP contribution in [0.2, 0.25) is 0 Å². The maximum atomic E-state index is 12.4. The minimum Gasteiger partial charge on any atom is -0.348 e. The number of hydrogen-bond acceptors (Lipinski definition) is 2. The number of benzene rings is 2. The molecule has 2 aromatic carbocycles. The Morgan fingerprint density at radius 1 is 1.10 bits per heavy atom. The molecule has 110 valence electrons. The fourth-order valence-corrected chi connectivity index (χ4v) is 2.35. The molecule has 1 atom stereocenters. The number of carbonyl (C=O) groups excluding carboxylic acids is 1. The number of aryl methyl sites for hydroxylation is 1. The smallest absolute Gasteiger partial charge is 0.251 e. The van der Waals surface area contributed by atoms with Gasteiger partial charge in [-0.1, -0.05) is 42.5 Å². The van der Waals surface area contributed by atoms with E-state index in [0.29, 0.717) is 6.54 Å². The number of carbonyl (C=O) groups is 1. The van der Waals surface area contributed by atoms with Crippen LogP contribution in [0, 0.1) is 13.8 Å². The maximum absolute atomic E-state index is 12.4. The normalized spacial score (nSPS) is 12.0. The highest BCUT2D eigenvalue weighted by molar-refractivity contribution is 5.96. The summed E-state index contributed by atoms with van der Waals surface area (Å²) in [5, 5.41) is 3.04. The molecule has 0 bridgehead atoms. The highest BCUT2D eigenvalue weighted by atomic mass is 16.1. The van der Waals surface area contributed by atoms with Crippen molar-refractivity contribution in [3.63, 3.8) is 0 Å². The van der Waals surface area contributed by atoms with Gasteiger partial charge in [0.15, 0.2) is 0 Å². The average Bonchev–Trinajstić information content (AvgIpc) is 2.50. The van der Waals surface area contributed by atoms with Crippen LogP contribution < -0.4 is 11.1 Å². The van der Waals surface area contributed by atoms with Gasteiger partial charge in [0, 0.05) is 18.2 Å². The van der Waals surface area contributed by atoms with Gasteiger partial charge in [0.1, 0.15) is 0 Å². The molecular weight excluding hydrogens is 260 g/mol. The molecule has 3 nitrogen and oxygen atoms in total. The van der Waals surface area contributed by atoms with Gasteiger partial charge in [0.05, 0.1) is 0 Å². The fraction of sp³-hybridized carbons (Fsp3) is 0.278. The van der Waals surface area contributed by atoms with Gasteiger partial charge in [-0.2, -0.15) is 0 Å². The second-order valence-corrected chi connectivity index (χ2v) is 5.34. The van der Waals surface area contributed by atoms with Crippen molar-refractivity contribution in [2.24, 2.45) is 5.73 Å². The Bertz CT molecular complexity index is 608. The molecular formula is C18H22N2O. The molecule has 0 radical (unpaired) electrons. The van der Waals surface area contributed by atoms with Crippen molar-refractivity contribution >= 4 is 5.91 Å². The molecule has 0 aliphatic carbocycles. The number of hydrogen-bond donors (Lipinski definition) is 2. The van der Waals surface area contributed by atoms with Gasteiger partial charge in [-0.05, 0) is 43.0 Å². The van der Waals surface area contributed by atoms with E-state index < -0.39 is 0 Å². The summed E-state index contributed by atoms with van der Waals surface area (Å²) in [4.78, 5) is 12.4. The third kappa shape index (κ3) is 3.92. The van der Waals surface area contributed by atoms with Gasteiger partial charge >= 0.3 is 0 Å². The van der Waals surface area contributed by atoms with Crippen molar-refractivity contribution < 1.29 is 4.79 Å². The lowest BCUT2D eigenvalue weighted by Crippen LogP contribution is -2.42. The van der Waals surface area contributed by atoms with Crippen LogP contribution in [-0.4, -0.2) is 18.5 Å². The van der Waals surface area contributed by atoms with E-state index >= 15 is 0 Å². The molecule has 0 aliphatic heterocycles. The molecule has 0 aliphatic rings. The highest BCUT2D eigenvalue weighted by Crippen LogP contribution is 2.13. The first-order valence-corrected chi connectivity index (χ1v) is 7.23. The van der Waals surface area contributed by atoms with Gasteiger partial charge in [-0.3, -0.25) is 4.79 Å². The molecule has 21 heavy (non-hydrogen) atoms. The third-order valence-corrected chi connectivity index (χ3v) is 3.79. The fourth-order valence-electron chi connectivity index (χ4n) is 2.35. The van der Waals surface area contributed by atoms with Crippen molar-refractivity contribution in [3.05, 3.63) is 70.8 Å². The predicted molar refractivity (Wildman–Crippen MR) is 86.4 cm³/mol. The van der Waals surface area contributed by atoms with Crippen LogP contribution in [0.1, 0.15) is 27.0 Å². The molecule has 0 heterocycles. The minimum atomic E-state index is -0.0557. The Morgan fingerprint density at radius 2 is 1.81 bits per heavy atom. The van der Waals surface area contributed by atoms with E-state index in [-0.39, 0.29) is 11.9 Å². The van der Waals surface area contributed by atoms with E-state index in [1.54, 1.807) is 0 Å². The Kier molecular flexibility index (Phi) is 5.12. The molecule has 0 aromatic heterocycles. The lowest BCUT2D eigenvalue weighted by atomic mass is 10.0. The molecule has 3 heteroatoms. The first-order chi connectivity index (χ1) is 10.1. The Morgan fingerprint density at radius 3 is 2.48 bits per heavy atom. The molecule has 0 saturated carbocycles. The van der Waals surface area contributed by atoms with Crippen molar-refractivity contribution in [2.75, 3.05) is 6.54 Å². The summed E-state index contributed by atoms with van der Waals surface area (Å²) in [6.45, 7) is 4.40. The topological polar surface area (TPSA) is 55.1 Å². The van der Waals surface area contributed by atoms with Gasteiger partial charge in [-0.15, -0.1) is 0 Å². The van der Waals surface area contributed by atoms with Crippen molar-refractivity contribution in [2.45, 2.75) is 26.3 Å². The molecule has 3 N–H and O–H groups in total. The summed E-state index contributed by atoms with van der Waals surface area (Å²) < 4.78 is 0. The average molecular weight is 282 g/mol. The third-order valence-electron chi connectivity index (χ3n) is 3.79. The Labute approximate surface area is 126 Å². The zero-order chi connectivity index (χ0) is 15.2. The molecule has 2 aromatic rings. The molecule has 1 unspecified atom stereocenters. The van der Waals surface area contributed by atoms with E-state index in [1.165, 1.54) is 5.56 Å². The van der Waals surface area contributed by atoms with Crippen LogP contribution >= 0.6 is 0 Å². The van der Waals surface area contributed by atoms with Gasteiger partial charge < -0.3 is 11.1 Å². The summed E-state index contributed by atoms with van der Waals surface area (Å²) in [5.41, 5.74) is 9.84. The monoisotopic (exact) mass is 282 g/mol. The molecule has 0 spiro atoms. The zero-order valence-electron chi connectivity index (χ0n) is 12.6. The predicted octanol–water partition coefficient (Wildman–Crippen LogP) is 2.60. The van der Waals surface area contributed by atoms with Crippen LogP contribution in [-0.2, 0) is 6.42 Å². The van der Waals surface area contributed by atoms with Gasteiger partial charge in [-0.25, -0.2) is 0 Å².